The monoisotopic (exact) mass is 254 g/mol. The number of ether oxygens (including phenoxy) is 1. The van der Waals surface area contributed by atoms with Gasteiger partial charge in [-0.3, -0.25) is 8.47 Å². The number of rotatable bonds is 5. The summed E-state index contributed by atoms with van der Waals surface area (Å²) in [6.07, 6.45) is 0. The Labute approximate surface area is 101 Å². The number of hydrogen-bond donors (Lipinski definition) is 0. The molecule has 6 nitrogen and oxygen atoms in total. The second-order valence-electron chi connectivity index (χ2n) is 2.73. The number of nitriles is 1. The van der Waals surface area contributed by atoms with E-state index < -0.39 is 11.4 Å². The zero-order valence-corrected chi connectivity index (χ0v) is 10.1. The SMILES string of the molecule is COc1ccc(C(C#N)=NOS(=O)OC)cc1. The van der Waals surface area contributed by atoms with Crippen LogP contribution in [0, 0.1) is 11.3 Å². The molecule has 0 radical (unpaired) electrons. The number of hydrogen-bond acceptors (Lipinski definition) is 6. The summed E-state index contributed by atoms with van der Waals surface area (Å²) in [4.78, 5) is 0. The van der Waals surface area contributed by atoms with Crippen LogP contribution in [0.4, 0.5) is 0 Å². The van der Waals surface area contributed by atoms with Crippen LogP contribution in [0.1, 0.15) is 5.56 Å². The van der Waals surface area contributed by atoms with E-state index in [1.807, 2.05) is 6.07 Å². The fraction of sp³-hybridized carbons (Fsp3) is 0.200. The molecule has 0 aliphatic heterocycles. The largest absolute Gasteiger partial charge is 0.497 e. The molecule has 17 heavy (non-hydrogen) atoms. The van der Waals surface area contributed by atoms with Gasteiger partial charge in [0.15, 0.2) is 5.71 Å². The molecule has 7 heteroatoms. The number of benzene rings is 1. The molecular weight excluding hydrogens is 244 g/mol. The zero-order valence-electron chi connectivity index (χ0n) is 9.25. The molecule has 0 spiro atoms. The Morgan fingerprint density at radius 2 is 2.00 bits per heavy atom. The maximum Gasteiger partial charge on any atom is 0.381 e. The van der Waals surface area contributed by atoms with Crippen molar-refractivity contribution in [1.82, 2.24) is 0 Å². The molecule has 90 valence electrons. The summed E-state index contributed by atoms with van der Waals surface area (Å²) >= 11 is -1.99. The van der Waals surface area contributed by atoms with E-state index in [-0.39, 0.29) is 5.71 Å². The molecule has 0 saturated carbocycles. The van der Waals surface area contributed by atoms with Crippen molar-refractivity contribution in [3.05, 3.63) is 29.8 Å². The first-order valence-electron chi connectivity index (χ1n) is 4.47. The highest BCUT2D eigenvalue weighted by Crippen LogP contribution is 2.12. The van der Waals surface area contributed by atoms with Gasteiger partial charge in [-0.05, 0) is 24.3 Å². The van der Waals surface area contributed by atoms with Crippen molar-refractivity contribution in [2.45, 2.75) is 0 Å². The Morgan fingerprint density at radius 3 is 2.47 bits per heavy atom. The summed E-state index contributed by atoms with van der Waals surface area (Å²) in [5.41, 5.74) is 0.527. The molecule has 1 rings (SSSR count). The lowest BCUT2D eigenvalue weighted by molar-refractivity contribution is 0.296. The molecule has 0 heterocycles. The minimum atomic E-state index is -1.99. The quantitative estimate of drug-likeness (QED) is 0.582. The predicted octanol–water partition coefficient (Wildman–Crippen LogP) is 1.16. The van der Waals surface area contributed by atoms with Crippen LogP contribution in [0.2, 0.25) is 0 Å². The minimum Gasteiger partial charge on any atom is -0.497 e. The van der Waals surface area contributed by atoms with Crippen molar-refractivity contribution < 1.29 is 17.4 Å². The molecule has 0 saturated heterocycles. The molecule has 0 bridgehead atoms. The average molecular weight is 254 g/mol. The Hall–Kier alpha value is -1.91. The summed E-state index contributed by atoms with van der Waals surface area (Å²) in [7, 11) is 2.74. The first-order chi connectivity index (χ1) is 8.21. The topological polar surface area (TPSA) is 80.9 Å². The molecule has 0 amide bonds. The molecule has 0 aliphatic rings. The maximum atomic E-state index is 10.8. The van der Waals surface area contributed by atoms with Crippen molar-refractivity contribution >= 4 is 17.1 Å². The molecule has 0 N–H and O–H groups in total. The van der Waals surface area contributed by atoms with Crippen LogP contribution in [-0.4, -0.2) is 24.1 Å². The summed E-state index contributed by atoms with van der Waals surface area (Å²) in [6, 6.07) is 8.46. The van der Waals surface area contributed by atoms with Gasteiger partial charge in [-0.15, -0.1) is 0 Å². The fourth-order valence-corrected chi connectivity index (χ4v) is 1.18. The number of nitrogens with zero attached hydrogens (tertiary/aromatic N) is 2. The standard InChI is InChI=1S/C10H10N2O4S/c1-14-9-5-3-8(4-6-9)10(7-11)12-16-17(13)15-2/h3-6H,1-2H3. The molecule has 0 fully saturated rings. The van der Waals surface area contributed by atoms with Crippen molar-refractivity contribution in [1.29, 1.82) is 5.26 Å². The molecule has 1 atom stereocenters. The van der Waals surface area contributed by atoms with Gasteiger partial charge in [0.05, 0.1) is 14.2 Å². The average Bonchev–Trinajstić information content (AvgIpc) is 2.39. The van der Waals surface area contributed by atoms with Crippen LogP contribution in [-0.2, 0) is 19.8 Å². The molecule has 1 aromatic rings. The lowest BCUT2D eigenvalue weighted by atomic mass is 10.1. The van der Waals surface area contributed by atoms with Crippen molar-refractivity contribution in [2.24, 2.45) is 5.16 Å². The van der Waals surface area contributed by atoms with Crippen LogP contribution in [0.15, 0.2) is 29.4 Å². The van der Waals surface area contributed by atoms with Gasteiger partial charge in [0.2, 0.25) is 0 Å². The van der Waals surface area contributed by atoms with Gasteiger partial charge >= 0.3 is 11.4 Å². The van der Waals surface area contributed by atoms with E-state index >= 15 is 0 Å². The number of methoxy groups -OCH3 is 1. The van der Waals surface area contributed by atoms with E-state index in [1.165, 1.54) is 7.11 Å². The van der Waals surface area contributed by atoms with Gasteiger partial charge in [0.25, 0.3) is 0 Å². The van der Waals surface area contributed by atoms with Crippen LogP contribution in [0.3, 0.4) is 0 Å². The van der Waals surface area contributed by atoms with Gasteiger partial charge in [-0.25, -0.2) is 0 Å². The summed E-state index contributed by atoms with van der Waals surface area (Å²) < 4.78 is 24.5. The van der Waals surface area contributed by atoms with Crippen LogP contribution >= 0.6 is 0 Å². The lowest BCUT2D eigenvalue weighted by Gasteiger charge is -2.01. The lowest BCUT2D eigenvalue weighted by Crippen LogP contribution is -2.01. The molecule has 0 aliphatic carbocycles. The second-order valence-corrected chi connectivity index (χ2v) is 3.62. The third-order valence-corrected chi connectivity index (χ3v) is 2.26. The van der Waals surface area contributed by atoms with Crippen molar-refractivity contribution in [2.75, 3.05) is 14.2 Å². The Bertz CT molecular complexity index is 464. The second kappa shape index (κ2) is 6.62. The minimum absolute atomic E-state index is 0.00180. The fourth-order valence-electron chi connectivity index (χ4n) is 0.985. The molecule has 1 aromatic carbocycles. The summed E-state index contributed by atoms with van der Waals surface area (Å²) in [5.74, 6) is 0.660. The Balaban J connectivity index is 2.86. The Kier molecular flexibility index (Phi) is 5.13. The normalized spacial score (nSPS) is 12.6. The maximum absolute atomic E-state index is 10.8. The zero-order chi connectivity index (χ0) is 12.7. The van der Waals surface area contributed by atoms with Crippen LogP contribution in [0.25, 0.3) is 0 Å². The highest BCUT2D eigenvalue weighted by Gasteiger charge is 2.05. The van der Waals surface area contributed by atoms with Crippen LogP contribution in [0.5, 0.6) is 5.75 Å². The van der Waals surface area contributed by atoms with Crippen molar-refractivity contribution in [3.8, 4) is 11.8 Å². The van der Waals surface area contributed by atoms with Gasteiger partial charge < -0.3 is 4.74 Å². The Morgan fingerprint density at radius 1 is 1.35 bits per heavy atom. The highest BCUT2D eigenvalue weighted by atomic mass is 32.2. The van der Waals surface area contributed by atoms with E-state index in [0.717, 1.165) is 0 Å². The third kappa shape index (κ3) is 3.86. The van der Waals surface area contributed by atoms with E-state index in [1.54, 1.807) is 31.4 Å². The summed E-state index contributed by atoms with van der Waals surface area (Å²) in [5, 5.41) is 12.3. The van der Waals surface area contributed by atoms with E-state index in [9.17, 15) is 4.21 Å². The van der Waals surface area contributed by atoms with Gasteiger partial charge in [-0.2, -0.15) is 9.47 Å². The van der Waals surface area contributed by atoms with E-state index in [4.69, 9.17) is 10.00 Å². The van der Waals surface area contributed by atoms with Gasteiger partial charge in [0.1, 0.15) is 11.8 Å². The van der Waals surface area contributed by atoms with E-state index in [2.05, 4.69) is 13.6 Å². The molecular formula is C10H10N2O4S. The first-order valence-corrected chi connectivity index (χ1v) is 5.47. The molecule has 0 aromatic heterocycles. The molecule has 1 unspecified atom stereocenters. The van der Waals surface area contributed by atoms with Gasteiger partial charge in [-0.1, -0.05) is 5.16 Å². The third-order valence-electron chi connectivity index (χ3n) is 1.79. The van der Waals surface area contributed by atoms with Crippen molar-refractivity contribution in [3.63, 3.8) is 0 Å². The number of oxime groups is 1. The summed E-state index contributed by atoms with van der Waals surface area (Å²) in [6.45, 7) is 0. The predicted molar refractivity (Wildman–Crippen MR) is 61.4 cm³/mol. The van der Waals surface area contributed by atoms with Gasteiger partial charge in [0, 0.05) is 5.56 Å². The van der Waals surface area contributed by atoms with E-state index in [0.29, 0.717) is 11.3 Å². The smallest absolute Gasteiger partial charge is 0.381 e. The first kappa shape index (κ1) is 13.2. The highest BCUT2D eigenvalue weighted by molar-refractivity contribution is 7.75. The van der Waals surface area contributed by atoms with Crippen LogP contribution < -0.4 is 4.74 Å².